The molecule has 0 spiro atoms. The molecule has 0 saturated carbocycles. The number of hydrogen-bond acceptors (Lipinski definition) is 5. The van der Waals surface area contributed by atoms with Crippen molar-refractivity contribution in [1.82, 2.24) is 5.43 Å². The number of nitrogens with zero attached hydrogens (tertiary/aromatic N) is 1. The van der Waals surface area contributed by atoms with Crippen molar-refractivity contribution in [3.05, 3.63) is 52.0 Å². The smallest absolute Gasteiger partial charge is 0.271 e. The van der Waals surface area contributed by atoms with Crippen LogP contribution in [0.4, 0.5) is 0 Å². The lowest BCUT2D eigenvalue weighted by molar-refractivity contribution is 0.0954. The number of aromatic hydroxyl groups is 1. The average Bonchev–Trinajstić information content (AvgIpc) is 2.60. The highest BCUT2D eigenvalue weighted by atomic mass is 79.9. The van der Waals surface area contributed by atoms with E-state index in [4.69, 9.17) is 9.47 Å². The summed E-state index contributed by atoms with van der Waals surface area (Å²) in [4.78, 5) is 12.3. The number of methoxy groups -OCH3 is 2. The number of carbonyl (C=O) groups excluding carboxylic acids is 1. The summed E-state index contributed by atoms with van der Waals surface area (Å²) in [5, 5.41) is 13.9. The Labute approximate surface area is 148 Å². The van der Waals surface area contributed by atoms with Crippen molar-refractivity contribution in [3.8, 4) is 17.2 Å². The number of benzene rings is 2. The third-order valence-electron chi connectivity index (χ3n) is 3.29. The van der Waals surface area contributed by atoms with Gasteiger partial charge in [0, 0.05) is 21.7 Å². The van der Waals surface area contributed by atoms with Crippen LogP contribution in [0.15, 0.2) is 46.0 Å². The standard InChI is InChI=1S/C17H17BrN2O4/c1-10(15-8-12(18)4-5-16(15)21)19-20-17(22)11-6-13(23-2)9-14(7-11)24-3/h4-9,21H,1-3H3,(H,20,22)/b19-10+. The zero-order valence-electron chi connectivity index (χ0n) is 13.5. The lowest BCUT2D eigenvalue weighted by Gasteiger charge is -2.08. The van der Waals surface area contributed by atoms with Gasteiger partial charge in [-0.2, -0.15) is 5.10 Å². The molecule has 0 unspecified atom stereocenters. The fourth-order valence-electron chi connectivity index (χ4n) is 2.00. The molecule has 0 fully saturated rings. The molecule has 0 aliphatic carbocycles. The molecule has 0 aliphatic heterocycles. The van der Waals surface area contributed by atoms with Crippen molar-refractivity contribution in [2.45, 2.75) is 6.92 Å². The number of halogens is 1. The molecule has 0 heterocycles. The van der Waals surface area contributed by atoms with Gasteiger partial charge in [-0.3, -0.25) is 4.79 Å². The van der Waals surface area contributed by atoms with E-state index in [9.17, 15) is 9.90 Å². The second-order valence-corrected chi connectivity index (χ2v) is 5.82. The monoisotopic (exact) mass is 392 g/mol. The fourth-order valence-corrected chi connectivity index (χ4v) is 2.36. The maximum absolute atomic E-state index is 12.3. The summed E-state index contributed by atoms with van der Waals surface area (Å²) in [7, 11) is 3.02. The highest BCUT2D eigenvalue weighted by molar-refractivity contribution is 9.10. The number of hydrazone groups is 1. The Morgan fingerprint density at radius 2 is 1.75 bits per heavy atom. The molecule has 126 valence electrons. The maximum atomic E-state index is 12.3. The van der Waals surface area contributed by atoms with E-state index in [1.54, 1.807) is 43.3 Å². The van der Waals surface area contributed by atoms with Crippen molar-refractivity contribution in [1.29, 1.82) is 0 Å². The van der Waals surface area contributed by atoms with Gasteiger partial charge in [-0.25, -0.2) is 5.43 Å². The Balaban J connectivity index is 2.22. The van der Waals surface area contributed by atoms with Gasteiger partial charge in [0.2, 0.25) is 0 Å². The number of nitrogens with one attached hydrogen (secondary N) is 1. The van der Waals surface area contributed by atoms with Crippen LogP contribution >= 0.6 is 15.9 Å². The van der Waals surface area contributed by atoms with E-state index in [0.29, 0.717) is 28.3 Å². The first-order valence-electron chi connectivity index (χ1n) is 7.01. The third kappa shape index (κ3) is 4.26. The summed E-state index contributed by atoms with van der Waals surface area (Å²) >= 11 is 3.33. The van der Waals surface area contributed by atoms with Crippen LogP contribution in [0.3, 0.4) is 0 Å². The topological polar surface area (TPSA) is 80.2 Å². The van der Waals surface area contributed by atoms with Crippen LogP contribution in [0.25, 0.3) is 0 Å². The Morgan fingerprint density at radius 3 is 2.33 bits per heavy atom. The molecule has 0 bridgehead atoms. The second kappa shape index (κ2) is 7.83. The van der Waals surface area contributed by atoms with E-state index in [0.717, 1.165) is 4.47 Å². The Kier molecular flexibility index (Phi) is 5.81. The Bertz CT molecular complexity index is 768. The number of phenols is 1. The molecule has 6 nitrogen and oxygen atoms in total. The van der Waals surface area contributed by atoms with Gasteiger partial charge in [0.1, 0.15) is 17.2 Å². The highest BCUT2D eigenvalue weighted by Gasteiger charge is 2.11. The predicted octanol–water partition coefficient (Wildman–Crippen LogP) is 3.33. The second-order valence-electron chi connectivity index (χ2n) is 4.90. The molecule has 0 saturated heterocycles. The molecular formula is C17H17BrN2O4. The number of rotatable bonds is 5. The maximum Gasteiger partial charge on any atom is 0.271 e. The van der Waals surface area contributed by atoms with Crippen molar-refractivity contribution < 1.29 is 19.4 Å². The summed E-state index contributed by atoms with van der Waals surface area (Å²) in [6.45, 7) is 1.69. The molecule has 1 amide bonds. The van der Waals surface area contributed by atoms with E-state index >= 15 is 0 Å². The van der Waals surface area contributed by atoms with E-state index in [1.165, 1.54) is 14.2 Å². The van der Waals surface area contributed by atoms with E-state index in [-0.39, 0.29) is 5.75 Å². The molecule has 0 radical (unpaired) electrons. The zero-order valence-corrected chi connectivity index (χ0v) is 15.0. The van der Waals surface area contributed by atoms with Crippen LogP contribution in [0, 0.1) is 0 Å². The summed E-state index contributed by atoms with van der Waals surface area (Å²) in [5.74, 6) is 0.674. The van der Waals surface area contributed by atoms with Crippen molar-refractivity contribution in [2.75, 3.05) is 14.2 Å². The predicted molar refractivity (Wildman–Crippen MR) is 95.0 cm³/mol. The summed E-state index contributed by atoms with van der Waals surface area (Å²) in [5.41, 5.74) is 3.80. The van der Waals surface area contributed by atoms with Crippen LogP contribution in [-0.4, -0.2) is 30.9 Å². The van der Waals surface area contributed by atoms with Crippen LogP contribution in [0.5, 0.6) is 17.2 Å². The van der Waals surface area contributed by atoms with E-state index in [1.807, 2.05) is 0 Å². The van der Waals surface area contributed by atoms with Crippen molar-refractivity contribution in [3.63, 3.8) is 0 Å². The van der Waals surface area contributed by atoms with Crippen LogP contribution < -0.4 is 14.9 Å². The number of ether oxygens (including phenoxy) is 2. The van der Waals surface area contributed by atoms with Crippen molar-refractivity contribution in [2.24, 2.45) is 5.10 Å². The molecule has 2 aromatic rings. The summed E-state index contributed by atoms with van der Waals surface area (Å²) < 4.78 is 11.1. The minimum Gasteiger partial charge on any atom is -0.507 e. The Hall–Kier alpha value is -2.54. The molecular weight excluding hydrogens is 376 g/mol. The largest absolute Gasteiger partial charge is 0.507 e. The number of hydrogen-bond donors (Lipinski definition) is 2. The van der Waals surface area contributed by atoms with Gasteiger partial charge in [-0.15, -0.1) is 0 Å². The normalized spacial score (nSPS) is 11.1. The van der Waals surface area contributed by atoms with Gasteiger partial charge >= 0.3 is 0 Å². The van der Waals surface area contributed by atoms with Gasteiger partial charge in [0.05, 0.1) is 19.9 Å². The van der Waals surface area contributed by atoms with Gasteiger partial charge in [-0.05, 0) is 37.3 Å². The van der Waals surface area contributed by atoms with Gasteiger partial charge in [0.15, 0.2) is 0 Å². The van der Waals surface area contributed by atoms with Gasteiger partial charge in [0.25, 0.3) is 5.91 Å². The summed E-state index contributed by atoms with van der Waals surface area (Å²) in [6, 6.07) is 9.82. The molecule has 0 atom stereocenters. The Morgan fingerprint density at radius 1 is 1.12 bits per heavy atom. The quantitative estimate of drug-likeness (QED) is 0.603. The van der Waals surface area contributed by atoms with Crippen LogP contribution in [-0.2, 0) is 0 Å². The van der Waals surface area contributed by atoms with E-state index in [2.05, 4.69) is 26.5 Å². The van der Waals surface area contributed by atoms with Crippen molar-refractivity contribution >= 4 is 27.5 Å². The van der Waals surface area contributed by atoms with Gasteiger partial charge in [-0.1, -0.05) is 15.9 Å². The molecule has 0 aliphatic rings. The summed E-state index contributed by atoms with van der Waals surface area (Å²) in [6.07, 6.45) is 0. The number of phenolic OH excluding ortho intramolecular Hbond substituents is 1. The molecule has 24 heavy (non-hydrogen) atoms. The highest BCUT2D eigenvalue weighted by Crippen LogP contribution is 2.23. The van der Waals surface area contributed by atoms with Crippen LogP contribution in [0.1, 0.15) is 22.8 Å². The fraction of sp³-hybridized carbons (Fsp3) is 0.176. The van der Waals surface area contributed by atoms with Gasteiger partial charge < -0.3 is 14.6 Å². The SMILES string of the molecule is COc1cc(OC)cc(C(=O)N/N=C(\C)c2cc(Br)ccc2O)c1. The first-order chi connectivity index (χ1) is 11.4. The minimum absolute atomic E-state index is 0.0803. The third-order valence-corrected chi connectivity index (χ3v) is 3.78. The number of carbonyl (C=O) groups is 1. The minimum atomic E-state index is -0.416. The molecule has 2 rings (SSSR count). The average molecular weight is 393 g/mol. The lowest BCUT2D eigenvalue weighted by atomic mass is 10.1. The van der Waals surface area contributed by atoms with E-state index < -0.39 is 5.91 Å². The first kappa shape index (κ1) is 17.8. The molecule has 7 heteroatoms. The number of amides is 1. The van der Waals surface area contributed by atoms with Crippen LogP contribution in [0.2, 0.25) is 0 Å². The molecule has 2 N–H and O–H groups in total. The molecule has 2 aromatic carbocycles. The lowest BCUT2D eigenvalue weighted by Crippen LogP contribution is -2.19. The molecule has 0 aromatic heterocycles. The first-order valence-corrected chi connectivity index (χ1v) is 7.80. The zero-order chi connectivity index (χ0) is 17.7.